The molecule has 0 bridgehead atoms. The lowest BCUT2D eigenvalue weighted by Crippen LogP contribution is -2.18. The Kier molecular flexibility index (Phi) is 8.94. The van der Waals surface area contributed by atoms with Gasteiger partial charge in [0.25, 0.3) is 0 Å². The van der Waals surface area contributed by atoms with Crippen LogP contribution in [0.3, 0.4) is 0 Å². The van der Waals surface area contributed by atoms with Gasteiger partial charge in [-0.2, -0.15) is 5.10 Å². The van der Waals surface area contributed by atoms with Gasteiger partial charge in [-0.25, -0.2) is 5.43 Å². The molecule has 0 heterocycles. The molecular weight excluding hydrogens is 422 g/mol. The lowest BCUT2D eigenvalue weighted by molar-refractivity contribution is -0.121. The van der Waals surface area contributed by atoms with Crippen molar-refractivity contribution in [2.75, 3.05) is 11.9 Å². The summed E-state index contributed by atoms with van der Waals surface area (Å²) in [5.74, 6) is 0.368. The second-order valence-corrected chi connectivity index (χ2v) is 6.79. The van der Waals surface area contributed by atoms with Crippen LogP contribution in [0.25, 0.3) is 0 Å². The summed E-state index contributed by atoms with van der Waals surface area (Å²) in [6.07, 6.45) is 4.15. The van der Waals surface area contributed by atoms with Gasteiger partial charge in [0.05, 0.1) is 6.21 Å². The van der Waals surface area contributed by atoms with Crippen LogP contribution < -0.4 is 15.5 Å². The SMILES string of the molecule is C=CCOc1ccc(/C=N\NC(=O)CCCC(=O)Nc2cccc(Br)c2)cc1. The Balaban J connectivity index is 1.66. The van der Waals surface area contributed by atoms with E-state index in [4.69, 9.17) is 4.74 Å². The molecule has 0 saturated carbocycles. The molecule has 2 aromatic rings. The standard InChI is InChI=1S/C21H22BrN3O3/c1-2-13-28-19-11-9-16(10-12-19)15-23-25-21(27)8-4-7-20(26)24-18-6-3-5-17(22)14-18/h2-3,5-6,9-12,14-15H,1,4,7-8,13H2,(H,24,26)(H,25,27)/b23-15-. The Hall–Kier alpha value is -2.93. The van der Waals surface area contributed by atoms with Crippen molar-refractivity contribution in [2.24, 2.45) is 5.10 Å². The molecule has 2 rings (SSSR count). The van der Waals surface area contributed by atoms with E-state index in [9.17, 15) is 9.59 Å². The first-order valence-corrected chi connectivity index (χ1v) is 9.57. The summed E-state index contributed by atoms with van der Waals surface area (Å²) >= 11 is 3.35. The van der Waals surface area contributed by atoms with Gasteiger partial charge >= 0.3 is 0 Å². The summed E-state index contributed by atoms with van der Waals surface area (Å²) in [5, 5.41) is 6.71. The van der Waals surface area contributed by atoms with Gasteiger partial charge in [0.1, 0.15) is 12.4 Å². The summed E-state index contributed by atoms with van der Waals surface area (Å²) < 4.78 is 6.28. The summed E-state index contributed by atoms with van der Waals surface area (Å²) in [6, 6.07) is 14.6. The number of carbonyl (C=O) groups excluding carboxylic acids is 2. The fourth-order valence-electron chi connectivity index (χ4n) is 2.24. The Labute approximate surface area is 172 Å². The molecule has 0 saturated heterocycles. The second-order valence-electron chi connectivity index (χ2n) is 5.87. The number of nitrogens with zero attached hydrogens (tertiary/aromatic N) is 1. The predicted octanol–water partition coefficient (Wildman–Crippen LogP) is 4.27. The number of benzene rings is 2. The van der Waals surface area contributed by atoms with Crippen LogP contribution in [-0.2, 0) is 9.59 Å². The first kappa shape index (κ1) is 21.4. The van der Waals surface area contributed by atoms with Crippen LogP contribution in [0.4, 0.5) is 5.69 Å². The third-order valence-electron chi connectivity index (χ3n) is 3.57. The topological polar surface area (TPSA) is 79.8 Å². The van der Waals surface area contributed by atoms with Crippen molar-refractivity contribution >= 4 is 39.6 Å². The van der Waals surface area contributed by atoms with E-state index in [0.29, 0.717) is 18.7 Å². The van der Waals surface area contributed by atoms with E-state index in [0.717, 1.165) is 15.8 Å². The zero-order valence-electron chi connectivity index (χ0n) is 15.4. The van der Waals surface area contributed by atoms with E-state index in [-0.39, 0.29) is 24.7 Å². The van der Waals surface area contributed by atoms with Crippen LogP contribution in [0.2, 0.25) is 0 Å². The molecule has 0 aliphatic heterocycles. The smallest absolute Gasteiger partial charge is 0.240 e. The number of carbonyl (C=O) groups is 2. The molecule has 0 unspecified atom stereocenters. The summed E-state index contributed by atoms with van der Waals surface area (Å²) in [5.41, 5.74) is 4.01. The van der Waals surface area contributed by atoms with E-state index >= 15 is 0 Å². The van der Waals surface area contributed by atoms with Crippen LogP contribution in [-0.4, -0.2) is 24.6 Å². The Bertz CT molecular complexity index is 835. The lowest BCUT2D eigenvalue weighted by atomic mass is 10.2. The van der Waals surface area contributed by atoms with Gasteiger partial charge in [0.15, 0.2) is 0 Å². The van der Waals surface area contributed by atoms with Gasteiger partial charge in [-0.15, -0.1) is 0 Å². The number of nitrogens with one attached hydrogen (secondary N) is 2. The van der Waals surface area contributed by atoms with Gasteiger partial charge in [0, 0.05) is 23.0 Å². The molecule has 0 aromatic heterocycles. The van der Waals surface area contributed by atoms with Crippen molar-refractivity contribution in [1.82, 2.24) is 5.43 Å². The maximum absolute atomic E-state index is 11.9. The van der Waals surface area contributed by atoms with E-state index < -0.39 is 0 Å². The molecule has 28 heavy (non-hydrogen) atoms. The molecule has 2 N–H and O–H groups in total. The molecule has 146 valence electrons. The maximum atomic E-state index is 11.9. The number of anilines is 1. The quantitative estimate of drug-likeness (QED) is 0.326. The van der Waals surface area contributed by atoms with Gasteiger partial charge in [-0.05, 0) is 54.4 Å². The van der Waals surface area contributed by atoms with Crippen molar-refractivity contribution < 1.29 is 14.3 Å². The third kappa shape index (κ3) is 8.18. The summed E-state index contributed by atoms with van der Waals surface area (Å²) in [6.45, 7) is 4.04. The summed E-state index contributed by atoms with van der Waals surface area (Å²) in [7, 11) is 0. The molecule has 0 fully saturated rings. The van der Waals surface area contributed by atoms with Crippen LogP contribution >= 0.6 is 15.9 Å². The van der Waals surface area contributed by atoms with Crippen LogP contribution in [0.5, 0.6) is 5.75 Å². The minimum absolute atomic E-state index is 0.131. The van der Waals surface area contributed by atoms with Gasteiger partial charge in [0.2, 0.25) is 11.8 Å². The van der Waals surface area contributed by atoms with Crippen LogP contribution in [0.15, 0.2) is 70.8 Å². The number of halogens is 1. The molecule has 0 radical (unpaired) electrons. The predicted molar refractivity (Wildman–Crippen MR) is 114 cm³/mol. The lowest BCUT2D eigenvalue weighted by Gasteiger charge is -2.05. The highest BCUT2D eigenvalue weighted by molar-refractivity contribution is 9.10. The highest BCUT2D eigenvalue weighted by atomic mass is 79.9. The molecule has 2 amide bonds. The molecule has 0 aliphatic rings. The minimum Gasteiger partial charge on any atom is -0.490 e. The van der Waals surface area contributed by atoms with E-state index in [1.807, 2.05) is 48.5 Å². The van der Waals surface area contributed by atoms with Crippen LogP contribution in [0, 0.1) is 0 Å². The van der Waals surface area contributed by atoms with Crippen molar-refractivity contribution in [2.45, 2.75) is 19.3 Å². The highest BCUT2D eigenvalue weighted by Gasteiger charge is 2.05. The number of rotatable bonds is 10. The molecule has 0 atom stereocenters. The first-order valence-electron chi connectivity index (χ1n) is 8.78. The number of hydrazone groups is 1. The average molecular weight is 444 g/mol. The molecule has 0 aliphatic carbocycles. The van der Waals surface area contributed by atoms with Gasteiger partial charge < -0.3 is 10.1 Å². The van der Waals surface area contributed by atoms with Crippen LogP contribution in [0.1, 0.15) is 24.8 Å². The maximum Gasteiger partial charge on any atom is 0.240 e. The van der Waals surface area contributed by atoms with Crippen molar-refractivity contribution in [1.29, 1.82) is 0 Å². The third-order valence-corrected chi connectivity index (χ3v) is 4.06. The second kappa shape index (κ2) is 11.7. The monoisotopic (exact) mass is 443 g/mol. The zero-order chi connectivity index (χ0) is 20.2. The normalized spacial score (nSPS) is 10.5. The Morgan fingerprint density at radius 2 is 1.86 bits per heavy atom. The van der Waals surface area contributed by atoms with Crippen molar-refractivity contribution in [3.63, 3.8) is 0 Å². The summed E-state index contributed by atoms with van der Waals surface area (Å²) in [4.78, 5) is 23.7. The first-order chi connectivity index (χ1) is 13.6. The molecular formula is C21H22BrN3O3. The average Bonchev–Trinajstić information content (AvgIpc) is 2.67. The van der Waals surface area contributed by atoms with Gasteiger partial charge in [-0.3, -0.25) is 9.59 Å². The fourth-order valence-corrected chi connectivity index (χ4v) is 2.64. The largest absolute Gasteiger partial charge is 0.490 e. The number of hydrogen-bond acceptors (Lipinski definition) is 4. The van der Waals surface area contributed by atoms with E-state index in [1.165, 1.54) is 0 Å². The molecule has 6 nitrogen and oxygen atoms in total. The van der Waals surface area contributed by atoms with Gasteiger partial charge in [-0.1, -0.05) is 34.7 Å². The molecule has 7 heteroatoms. The molecule has 2 aromatic carbocycles. The number of ether oxygens (including phenoxy) is 1. The molecule has 0 spiro atoms. The van der Waals surface area contributed by atoms with E-state index in [2.05, 4.69) is 38.4 Å². The Morgan fingerprint density at radius 3 is 2.57 bits per heavy atom. The fraction of sp³-hybridized carbons (Fsp3) is 0.190. The minimum atomic E-state index is -0.238. The number of amides is 2. The number of hydrogen-bond donors (Lipinski definition) is 2. The highest BCUT2D eigenvalue weighted by Crippen LogP contribution is 2.16. The Morgan fingerprint density at radius 1 is 1.11 bits per heavy atom. The zero-order valence-corrected chi connectivity index (χ0v) is 16.9. The van der Waals surface area contributed by atoms with Crippen molar-refractivity contribution in [3.05, 3.63) is 71.2 Å². The van der Waals surface area contributed by atoms with E-state index in [1.54, 1.807) is 12.3 Å². The van der Waals surface area contributed by atoms with Crippen molar-refractivity contribution in [3.8, 4) is 5.75 Å².